The van der Waals surface area contributed by atoms with E-state index in [2.05, 4.69) is 10.4 Å². The summed E-state index contributed by atoms with van der Waals surface area (Å²) in [6.45, 7) is 2.90. The van der Waals surface area contributed by atoms with Crippen LogP contribution in [0.5, 0.6) is 0 Å². The Kier molecular flexibility index (Phi) is 5.12. The molecule has 1 N–H and O–H groups in total. The van der Waals surface area contributed by atoms with Gasteiger partial charge in [0.15, 0.2) is 5.69 Å². The Balaban J connectivity index is 1.66. The van der Waals surface area contributed by atoms with Gasteiger partial charge in [-0.25, -0.2) is 14.3 Å². The van der Waals surface area contributed by atoms with Crippen LogP contribution in [0.3, 0.4) is 0 Å². The number of hydrogen-bond acceptors (Lipinski definition) is 5. The lowest BCUT2D eigenvalue weighted by Gasteiger charge is -2.27. The first-order valence-electron chi connectivity index (χ1n) is 9.10. The van der Waals surface area contributed by atoms with Gasteiger partial charge >= 0.3 is 12.0 Å². The van der Waals surface area contributed by atoms with Gasteiger partial charge in [0, 0.05) is 18.5 Å². The first-order valence-corrected chi connectivity index (χ1v) is 9.98. The Bertz CT molecular complexity index is 983. The monoisotopic (exact) mass is 396 g/mol. The average molecular weight is 396 g/mol. The number of fused-ring (bicyclic) bond motifs is 1. The SMILES string of the molecule is CCOC(=O)c1nn(-c2ccccc2)c2c1CN(C(=O)Nc1cccs1)CC2. The third kappa shape index (κ3) is 3.50. The molecule has 0 saturated carbocycles. The third-order valence-electron chi connectivity index (χ3n) is 4.57. The maximum Gasteiger partial charge on any atom is 0.359 e. The molecule has 0 bridgehead atoms. The highest BCUT2D eigenvalue weighted by Crippen LogP contribution is 2.27. The van der Waals surface area contributed by atoms with E-state index in [-0.39, 0.29) is 18.3 Å². The number of thiophene rings is 1. The van der Waals surface area contributed by atoms with Gasteiger partial charge in [0.25, 0.3) is 0 Å². The molecule has 1 aliphatic rings. The lowest BCUT2D eigenvalue weighted by atomic mass is 10.1. The molecule has 0 fully saturated rings. The number of esters is 1. The molecule has 2 amide bonds. The molecule has 3 aromatic rings. The summed E-state index contributed by atoms with van der Waals surface area (Å²) in [7, 11) is 0. The number of benzene rings is 1. The van der Waals surface area contributed by atoms with Crippen molar-refractivity contribution in [3.8, 4) is 5.69 Å². The summed E-state index contributed by atoms with van der Waals surface area (Å²) in [5.41, 5.74) is 2.84. The lowest BCUT2D eigenvalue weighted by molar-refractivity contribution is 0.0516. The number of hydrogen-bond donors (Lipinski definition) is 1. The minimum Gasteiger partial charge on any atom is -0.461 e. The number of carbonyl (C=O) groups is 2. The van der Waals surface area contributed by atoms with Gasteiger partial charge in [-0.15, -0.1) is 11.3 Å². The van der Waals surface area contributed by atoms with Crippen LogP contribution in [0.25, 0.3) is 5.69 Å². The Morgan fingerprint density at radius 3 is 2.75 bits per heavy atom. The quantitative estimate of drug-likeness (QED) is 0.682. The van der Waals surface area contributed by atoms with E-state index in [0.29, 0.717) is 19.5 Å². The van der Waals surface area contributed by atoms with Gasteiger partial charge in [-0.2, -0.15) is 5.10 Å². The molecule has 0 atom stereocenters. The zero-order valence-corrected chi connectivity index (χ0v) is 16.2. The number of aromatic nitrogens is 2. The first kappa shape index (κ1) is 18.2. The highest BCUT2D eigenvalue weighted by atomic mass is 32.1. The number of rotatable bonds is 4. The fourth-order valence-electron chi connectivity index (χ4n) is 3.27. The van der Waals surface area contributed by atoms with Crippen molar-refractivity contribution in [2.75, 3.05) is 18.5 Å². The van der Waals surface area contributed by atoms with Gasteiger partial charge in [0.05, 0.1) is 29.5 Å². The topological polar surface area (TPSA) is 76.5 Å². The van der Waals surface area contributed by atoms with Crippen molar-refractivity contribution in [3.05, 3.63) is 64.8 Å². The Morgan fingerprint density at radius 1 is 1.21 bits per heavy atom. The number of nitrogens with zero attached hydrogens (tertiary/aromatic N) is 3. The molecule has 2 aromatic heterocycles. The molecule has 3 heterocycles. The predicted molar refractivity (Wildman–Crippen MR) is 107 cm³/mol. The van der Waals surface area contributed by atoms with Gasteiger partial charge in [0.1, 0.15) is 0 Å². The maximum atomic E-state index is 12.6. The van der Waals surface area contributed by atoms with E-state index in [4.69, 9.17) is 4.74 Å². The highest BCUT2D eigenvalue weighted by molar-refractivity contribution is 7.14. The molecule has 0 unspecified atom stereocenters. The van der Waals surface area contributed by atoms with Crippen LogP contribution in [0.2, 0.25) is 0 Å². The summed E-state index contributed by atoms with van der Waals surface area (Å²) in [5, 5.41) is 10.1. The number of ether oxygens (including phenoxy) is 1. The standard InChI is InChI=1S/C20H20N4O3S/c1-2-27-19(25)18-15-13-23(20(26)21-17-9-6-12-28-17)11-10-16(15)24(22-18)14-7-4-3-5-8-14/h3-9,12H,2,10-11,13H2,1H3,(H,21,26). The number of amides is 2. The first-order chi connectivity index (χ1) is 13.7. The molecule has 4 rings (SSSR count). The number of urea groups is 1. The molecule has 0 aliphatic carbocycles. The van der Waals surface area contributed by atoms with Crippen LogP contribution in [0.1, 0.15) is 28.7 Å². The molecule has 8 heteroatoms. The summed E-state index contributed by atoms with van der Waals surface area (Å²) < 4.78 is 6.98. The van der Waals surface area contributed by atoms with Crippen molar-refractivity contribution in [1.29, 1.82) is 0 Å². The van der Waals surface area contributed by atoms with Crippen LogP contribution in [0.4, 0.5) is 9.80 Å². The second-order valence-corrected chi connectivity index (χ2v) is 7.27. The van der Waals surface area contributed by atoms with Crippen LogP contribution >= 0.6 is 11.3 Å². The molecule has 1 aliphatic heterocycles. The summed E-state index contributed by atoms with van der Waals surface area (Å²) in [6, 6.07) is 13.2. The molecule has 1 aromatic carbocycles. The normalized spacial score (nSPS) is 13.1. The van der Waals surface area contributed by atoms with Gasteiger partial charge in [-0.05, 0) is 36.6 Å². The summed E-state index contributed by atoms with van der Waals surface area (Å²) >= 11 is 1.47. The molecule has 28 heavy (non-hydrogen) atoms. The van der Waals surface area contributed by atoms with Gasteiger partial charge in [-0.3, -0.25) is 5.32 Å². The van der Waals surface area contributed by atoms with Gasteiger partial charge in [-0.1, -0.05) is 18.2 Å². The van der Waals surface area contributed by atoms with Crippen molar-refractivity contribution in [3.63, 3.8) is 0 Å². The van der Waals surface area contributed by atoms with Gasteiger partial charge in [0.2, 0.25) is 0 Å². The number of anilines is 1. The lowest BCUT2D eigenvalue weighted by Crippen LogP contribution is -2.39. The molecule has 144 valence electrons. The summed E-state index contributed by atoms with van der Waals surface area (Å²) in [4.78, 5) is 26.8. The largest absolute Gasteiger partial charge is 0.461 e. The van der Waals surface area contributed by atoms with Gasteiger partial charge < -0.3 is 9.64 Å². The molecule has 0 spiro atoms. The number of carbonyl (C=O) groups excluding carboxylic acids is 2. The fraction of sp³-hybridized carbons (Fsp3) is 0.250. The van der Waals surface area contributed by atoms with Crippen molar-refractivity contribution < 1.29 is 14.3 Å². The summed E-state index contributed by atoms with van der Waals surface area (Å²) in [5.74, 6) is -0.464. The smallest absolute Gasteiger partial charge is 0.359 e. The second kappa shape index (κ2) is 7.85. The van der Waals surface area contributed by atoms with Crippen LogP contribution in [-0.4, -0.2) is 39.8 Å². The summed E-state index contributed by atoms with van der Waals surface area (Å²) in [6.07, 6.45) is 0.606. The molecule has 0 radical (unpaired) electrons. The van der Waals surface area contributed by atoms with Crippen LogP contribution < -0.4 is 5.32 Å². The Hall–Kier alpha value is -3.13. The average Bonchev–Trinajstić information content (AvgIpc) is 3.36. The minimum atomic E-state index is -0.464. The van der Waals surface area contributed by atoms with E-state index >= 15 is 0 Å². The van der Waals surface area contributed by atoms with E-state index in [0.717, 1.165) is 21.9 Å². The minimum absolute atomic E-state index is 0.185. The van der Waals surface area contributed by atoms with Crippen molar-refractivity contribution in [2.45, 2.75) is 19.9 Å². The predicted octanol–water partition coefficient (Wildman–Crippen LogP) is 3.70. The van der Waals surface area contributed by atoms with Crippen molar-refractivity contribution in [1.82, 2.24) is 14.7 Å². The maximum absolute atomic E-state index is 12.6. The van der Waals surface area contributed by atoms with Crippen LogP contribution in [0.15, 0.2) is 47.8 Å². The number of para-hydroxylation sites is 1. The van der Waals surface area contributed by atoms with E-state index in [1.807, 2.05) is 47.8 Å². The molecule has 0 saturated heterocycles. The van der Waals surface area contributed by atoms with Crippen LogP contribution in [-0.2, 0) is 17.7 Å². The Labute approximate surface area is 166 Å². The van der Waals surface area contributed by atoms with E-state index in [1.165, 1.54) is 11.3 Å². The number of nitrogens with one attached hydrogen (secondary N) is 1. The van der Waals surface area contributed by atoms with E-state index in [1.54, 1.807) is 16.5 Å². The zero-order chi connectivity index (χ0) is 19.5. The van der Waals surface area contributed by atoms with E-state index in [9.17, 15) is 9.59 Å². The van der Waals surface area contributed by atoms with Crippen molar-refractivity contribution in [2.24, 2.45) is 0 Å². The highest BCUT2D eigenvalue weighted by Gasteiger charge is 2.31. The zero-order valence-electron chi connectivity index (χ0n) is 15.4. The molecular weight excluding hydrogens is 376 g/mol. The van der Waals surface area contributed by atoms with Crippen molar-refractivity contribution >= 4 is 28.3 Å². The fourth-order valence-corrected chi connectivity index (χ4v) is 3.88. The second-order valence-electron chi connectivity index (χ2n) is 6.32. The van der Waals surface area contributed by atoms with Crippen LogP contribution in [0, 0.1) is 0 Å². The molecule has 7 nitrogen and oxygen atoms in total. The molecular formula is C20H20N4O3S. The Morgan fingerprint density at radius 2 is 2.04 bits per heavy atom. The van der Waals surface area contributed by atoms with E-state index < -0.39 is 5.97 Å². The third-order valence-corrected chi connectivity index (χ3v) is 5.35.